The van der Waals surface area contributed by atoms with Gasteiger partial charge in [-0.2, -0.15) is 0 Å². The van der Waals surface area contributed by atoms with Gasteiger partial charge in [0.1, 0.15) is 5.15 Å². The molecule has 0 aliphatic heterocycles. The number of nitrogens with zero attached hydrogens (tertiary/aromatic N) is 3. The number of methoxy groups -OCH3 is 1. The molecule has 0 amide bonds. The van der Waals surface area contributed by atoms with E-state index in [1.807, 2.05) is 0 Å². The van der Waals surface area contributed by atoms with E-state index in [1.165, 1.54) is 7.11 Å². The van der Waals surface area contributed by atoms with Crippen LogP contribution in [0.5, 0.6) is 5.88 Å². The van der Waals surface area contributed by atoms with Crippen molar-refractivity contribution in [2.75, 3.05) is 7.11 Å². The summed E-state index contributed by atoms with van der Waals surface area (Å²) in [5.74, 6) is 0.445. The smallest absolute Gasteiger partial charge is 0.242 e. The Morgan fingerprint density at radius 2 is 2.33 bits per heavy atom. The maximum absolute atomic E-state index is 9.18. The molecule has 0 atom stereocenters. The van der Waals surface area contributed by atoms with Crippen molar-refractivity contribution in [1.82, 2.24) is 14.8 Å². The Morgan fingerprint density at radius 1 is 1.60 bits per heavy atom. The molecule has 15 heavy (non-hydrogen) atoms. The Morgan fingerprint density at radius 3 is 2.93 bits per heavy atom. The molecule has 0 aliphatic rings. The third-order valence-corrected chi connectivity index (χ3v) is 2.38. The summed E-state index contributed by atoms with van der Waals surface area (Å²) in [6.07, 6.45) is 0. The summed E-state index contributed by atoms with van der Waals surface area (Å²) in [5.41, 5.74) is 1.26. The molecule has 0 saturated carbocycles. The van der Waals surface area contributed by atoms with Gasteiger partial charge < -0.3 is 9.84 Å². The van der Waals surface area contributed by atoms with Crippen molar-refractivity contribution in [1.29, 1.82) is 0 Å². The lowest BCUT2D eigenvalue weighted by Crippen LogP contribution is -1.93. The molecule has 0 spiro atoms. The summed E-state index contributed by atoms with van der Waals surface area (Å²) in [6, 6.07) is 1.69. The van der Waals surface area contributed by atoms with Crippen molar-refractivity contribution in [3.63, 3.8) is 0 Å². The molecule has 6 heteroatoms. The molecule has 2 aromatic heterocycles. The first-order valence-corrected chi connectivity index (χ1v) is 4.72. The Kier molecular flexibility index (Phi) is 2.50. The normalized spacial score (nSPS) is 10.9. The minimum Gasteiger partial charge on any atom is -0.479 e. The third kappa shape index (κ3) is 1.53. The topological polar surface area (TPSA) is 60.2 Å². The highest BCUT2D eigenvalue weighted by Crippen LogP contribution is 2.28. The number of hydrogen-bond donors (Lipinski definition) is 1. The number of pyridine rings is 1. The van der Waals surface area contributed by atoms with E-state index in [0.717, 1.165) is 5.52 Å². The molecule has 1 N–H and O–H groups in total. The van der Waals surface area contributed by atoms with E-state index < -0.39 is 0 Å². The minimum atomic E-state index is -0.195. The molecule has 0 fully saturated rings. The molecular formula is C9H10ClN3O2. The van der Waals surface area contributed by atoms with E-state index in [1.54, 1.807) is 17.8 Å². The summed E-state index contributed by atoms with van der Waals surface area (Å²) in [6.45, 7) is -0.195. The van der Waals surface area contributed by atoms with Crippen molar-refractivity contribution in [2.45, 2.75) is 6.61 Å². The van der Waals surface area contributed by atoms with E-state index in [9.17, 15) is 5.11 Å². The number of fused-ring (bicyclic) bond motifs is 1. The van der Waals surface area contributed by atoms with Gasteiger partial charge in [-0.25, -0.2) is 4.98 Å². The predicted octanol–water partition coefficient (Wildman–Crippen LogP) is 1.12. The molecule has 0 unspecified atom stereocenters. The zero-order valence-electron chi connectivity index (χ0n) is 8.36. The van der Waals surface area contributed by atoms with E-state index >= 15 is 0 Å². The van der Waals surface area contributed by atoms with Crippen LogP contribution in [0.2, 0.25) is 5.15 Å². The molecule has 0 saturated heterocycles. The molecule has 2 aromatic rings. The lowest BCUT2D eigenvalue weighted by molar-refractivity contribution is 0.278. The predicted molar refractivity (Wildman–Crippen MR) is 56.0 cm³/mol. The van der Waals surface area contributed by atoms with Crippen molar-refractivity contribution in [3.8, 4) is 5.88 Å². The largest absolute Gasteiger partial charge is 0.479 e. The van der Waals surface area contributed by atoms with E-state index in [4.69, 9.17) is 16.3 Å². The SMILES string of the molecule is COc1nn(C)c2cc(Cl)nc(CO)c12. The third-order valence-electron chi connectivity index (χ3n) is 2.19. The van der Waals surface area contributed by atoms with Gasteiger partial charge in [-0.3, -0.25) is 4.68 Å². The van der Waals surface area contributed by atoms with Crippen molar-refractivity contribution < 1.29 is 9.84 Å². The maximum atomic E-state index is 9.18. The summed E-state index contributed by atoms with van der Waals surface area (Å²) in [5, 5.41) is 14.3. The number of halogens is 1. The van der Waals surface area contributed by atoms with Crippen molar-refractivity contribution in [2.24, 2.45) is 7.05 Å². The van der Waals surface area contributed by atoms with Gasteiger partial charge in [0.2, 0.25) is 5.88 Å². The van der Waals surface area contributed by atoms with Crippen LogP contribution < -0.4 is 4.74 Å². The number of aliphatic hydroxyl groups is 1. The van der Waals surface area contributed by atoms with Crippen LogP contribution in [0.4, 0.5) is 0 Å². The first-order valence-electron chi connectivity index (χ1n) is 4.34. The number of aryl methyl sites for hydroxylation is 1. The summed E-state index contributed by atoms with van der Waals surface area (Å²) >= 11 is 5.82. The van der Waals surface area contributed by atoms with Gasteiger partial charge in [0.25, 0.3) is 0 Å². The second-order valence-electron chi connectivity index (χ2n) is 3.08. The summed E-state index contributed by atoms with van der Waals surface area (Å²) < 4.78 is 6.74. The molecular weight excluding hydrogens is 218 g/mol. The number of aromatic nitrogens is 3. The fraction of sp³-hybridized carbons (Fsp3) is 0.333. The van der Waals surface area contributed by atoms with Crippen LogP contribution in [-0.2, 0) is 13.7 Å². The Hall–Kier alpha value is -1.33. The van der Waals surface area contributed by atoms with Crippen LogP contribution in [0, 0.1) is 0 Å². The van der Waals surface area contributed by atoms with Crippen molar-refractivity contribution in [3.05, 3.63) is 16.9 Å². The zero-order valence-corrected chi connectivity index (χ0v) is 9.12. The Bertz CT molecular complexity index is 510. The van der Waals surface area contributed by atoms with Crippen LogP contribution in [0.1, 0.15) is 5.69 Å². The molecule has 5 nitrogen and oxygen atoms in total. The second kappa shape index (κ2) is 3.67. The van der Waals surface area contributed by atoms with Crippen LogP contribution in [0.3, 0.4) is 0 Å². The van der Waals surface area contributed by atoms with Gasteiger partial charge in [-0.1, -0.05) is 11.6 Å². The fourth-order valence-electron chi connectivity index (χ4n) is 1.54. The summed E-state index contributed by atoms with van der Waals surface area (Å²) in [4.78, 5) is 4.02. The van der Waals surface area contributed by atoms with Crippen LogP contribution >= 0.6 is 11.6 Å². The van der Waals surface area contributed by atoms with Crippen molar-refractivity contribution >= 4 is 22.5 Å². The highest BCUT2D eigenvalue weighted by atomic mass is 35.5. The van der Waals surface area contributed by atoms with Gasteiger partial charge in [0.15, 0.2) is 0 Å². The monoisotopic (exact) mass is 227 g/mol. The minimum absolute atomic E-state index is 0.195. The number of ether oxygens (including phenoxy) is 1. The second-order valence-corrected chi connectivity index (χ2v) is 3.46. The average Bonchev–Trinajstić information content (AvgIpc) is 2.55. The lowest BCUT2D eigenvalue weighted by Gasteiger charge is -2.01. The fourth-order valence-corrected chi connectivity index (χ4v) is 1.74. The van der Waals surface area contributed by atoms with Crippen LogP contribution in [-0.4, -0.2) is 27.0 Å². The quantitative estimate of drug-likeness (QED) is 0.782. The molecule has 0 radical (unpaired) electrons. The maximum Gasteiger partial charge on any atom is 0.242 e. The molecule has 0 bridgehead atoms. The molecule has 80 valence electrons. The molecule has 0 aliphatic carbocycles. The number of rotatable bonds is 2. The average molecular weight is 228 g/mol. The van der Waals surface area contributed by atoms with Crippen LogP contribution in [0.25, 0.3) is 10.9 Å². The highest BCUT2D eigenvalue weighted by Gasteiger charge is 2.15. The number of hydrogen-bond acceptors (Lipinski definition) is 4. The summed E-state index contributed by atoms with van der Waals surface area (Å²) in [7, 11) is 3.31. The van der Waals surface area contributed by atoms with Gasteiger partial charge in [-0.15, -0.1) is 5.10 Å². The molecule has 0 aromatic carbocycles. The van der Waals surface area contributed by atoms with Gasteiger partial charge >= 0.3 is 0 Å². The van der Waals surface area contributed by atoms with Gasteiger partial charge in [-0.05, 0) is 0 Å². The number of aliphatic hydroxyl groups excluding tert-OH is 1. The lowest BCUT2D eigenvalue weighted by atomic mass is 10.2. The zero-order chi connectivity index (χ0) is 11.0. The molecule has 2 heterocycles. The van der Waals surface area contributed by atoms with E-state index in [0.29, 0.717) is 22.1 Å². The van der Waals surface area contributed by atoms with E-state index in [-0.39, 0.29) is 6.61 Å². The molecule has 2 rings (SSSR count). The first-order chi connectivity index (χ1) is 7.17. The van der Waals surface area contributed by atoms with Gasteiger partial charge in [0, 0.05) is 13.1 Å². The van der Waals surface area contributed by atoms with E-state index in [2.05, 4.69) is 10.1 Å². The highest BCUT2D eigenvalue weighted by molar-refractivity contribution is 6.30. The van der Waals surface area contributed by atoms with Gasteiger partial charge in [0.05, 0.1) is 30.3 Å². The Labute approximate surface area is 91.2 Å². The first kappa shape index (κ1) is 10.2. The van der Waals surface area contributed by atoms with Crippen LogP contribution in [0.15, 0.2) is 6.07 Å². The standard InChI is InChI=1S/C9H10ClN3O2/c1-13-6-3-7(10)11-5(4-14)8(6)9(12-13)15-2/h3,14H,4H2,1-2H3. The Balaban J connectivity index is 2.86.